The second kappa shape index (κ2) is 5.27. The highest BCUT2D eigenvalue weighted by Gasteiger charge is 2.08. The lowest BCUT2D eigenvalue weighted by Crippen LogP contribution is -2.13. The number of carbonyl (C=O) groups is 1. The van der Waals surface area contributed by atoms with Gasteiger partial charge in [0.05, 0.1) is 16.9 Å². The van der Waals surface area contributed by atoms with E-state index in [1.54, 1.807) is 12.1 Å². The summed E-state index contributed by atoms with van der Waals surface area (Å²) in [6, 6.07) is 7.16. The highest BCUT2D eigenvalue weighted by Crippen LogP contribution is 2.14. The molecule has 0 radical (unpaired) electrons. The molecular formula is C13H12BrN3O. The Morgan fingerprint density at radius 2 is 2.00 bits per heavy atom. The van der Waals surface area contributed by atoms with Crippen molar-refractivity contribution in [3.8, 4) is 0 Å². The first-order valence-corrected chi connectivity index (χ1v) is 6.23. The van der Waals surface area contributed by atoms with Crippen LogP contribution in [0.25, 0.3) is 0 Å². The first kappa shape index (κ1) is 12.7. The van der Waals surface area contributed by atoms with E-state index < -0.39 is 0 Å². The lowest BCUT2D eigenvalue weighted by molar-refractivity contribution is 0.102. The van der Waals surface area contributed by atoms with Crippen LogP contribution in [-0.2, 0) is 0 Å². The quantitative estimate of drug-likeness (QED) is 0.867. The van der Waals surface area contributed by atoms with Gasteiger partial charge in [-0.1, -0.05) is 0 Å². The smallest absolute Gasteiger partial charge is 0.257 e. The Labute approximate surface area is 114 Å². The van der Waals surface area contributed by atoms with Gasteiger partial charge >= 0.3 is 0 Å². The minimum atomic E-state index is -0.191. The number of nitrogens with zero attached hydrogens (tertiary/aromatic N) is 2. The van der Waals surface area contributed by atoms with Crippen LogP contribution in [0, 0.1) is 13.8 Å². The van der Waals surface area contributed by atoms with Crippen LogP contribution < -0.4 is 5.32 Å². The van der Waals surface area contributed by atoms with E-state index in [1.165, 1.54) is 6.20 Å². The number of hydrogen-bond donors (Lipinski definition) is 1. The molecule has 2 rings (SSSR count). The molecule has 18 heavy (non-hydrogen) atoms. The van der Waals surface area contributed by atoms with Crippen molar-refractivity contribution in [2.45, 2.75) is 13.8 Å². The number of amides is 1. The Morgan fingerprint density at radius 3 is 2.61 bits per heavy atom. The molecule has 1 amide bonds. The molecule has 1 N–H and O–H groups in total. The van der Waals surface area contributed by atoms with Gasteiger partial charge in [-0.15, -0.1) is 0 Å². The van der Waals surface area contributed by atoms with Crippen LogP contribution in [0.2, 0.25) is 0 Å². The fraction of sp³-hybridized carbons (Fsp3) is 0.154. The number of aryl methyl sites for hydroxylation is 2. The van der Waals surface area contributed by atoms with Gasteiger partial charge in [0, 0.05) is 11.9 Å². The van der Waals surface area contributed by atoms with Crippen molar-refractivity contribution in [1.29, 1.82) is 0 Å². The maximum atomic E-state index is 12.0. The minimum Gasteiger partial charge on any atom is -0.320 e. The summed E-state index contributed by atoms with van der Waals surface area (Å²) in [6.07, 6.45) is 1.52. The van der Waals surface area contributed by atoms with Crippen LogP contribution in [0.3, 0.4) is 0 Å². The number of halogens is 1. The fourth-order valence-corrected chi connectivity index (χ4v) is 1.76. The van der Waals surface area contributed by atoms with Gasteiger partial charge in [-0.2, -0.15) is 0 Å². The summed E-state index contributed by atoms with van der Waals surface area (Å²) in [5.74, 6) is -0.191. The number of hydrogen-bond acceptors (Lipinski definition) is 3. The Hall–Kier alpha value is -1.75. The van der Waals surface area contributed by atoms with Crippen molar-refractivity contribution in [2.24, 2.45) is 0 Å². The second-order valence-corrected chi connectivity index (χ2v) is 4.72. The molecule has 0 saturated carbocycles. The van der Waals surface area contributed by atoms with Crippen molar-refractivity contribution < 1.29 is 4.79 Å². The van der Waals surface area contributed by atoms with Crippen molar-refractivity contribution in [3.05, 3.63) is 52.0 Å². The summed E-state index contributed by atoms with van der Waals surface area (Å²) in [5, 5.41) is 2.82. The van der Waals surface area contributed by atoms with Gasteiger partial charge in [-0.05, 0) is 54.0 Å². The zero-order chi connectivity index (χ0) is 13.1. The van der Waals surface area contributed by atoms with Crippen LogP contribution in [0.4, 0.5) is 5.69 Å². The van der Waals surface area contributed by atoms with E-state index in [9.17, 15) is 4.79 Å². The number of aromatic nitrogens is 2. The van der Waals surface area contributed by atoms with Crippen LogP contribution >= 0.6 is 15.9 Å². The van der Waals surface area contributed by atoms with Crippen molar-refractivity contribution in [3.63, 3.8) is 0 Å². The molecule has 0 bridgehead atoms. The molecule has 2 aromatic rings. The Morgan fingerprint density at radius 1 is 1.22 bits per heavy atom. The lowest BCUT2D eigenvalue weighted by atomic mass is 10.2. The van der Waals surface area contributed by atoms with Crippen molar-refractivity contribution in [2.75, 3.05) is 5.32 Å². The molecule has 0 unspecified atom stereocenters. The number of pyridine rings is 2. The Bertz CT molecular complexity index is 581. The molecule has 0 aliphatic rings. The molecule has 0 saturated heterocycles. The summed E-state index contributed by atoms with van der Waals surface area (Å²) in [7, 11) is 0. The maximum Gasteiger partial charge on any atom is 0.257 e. The summed E-state index contributed by atoms with van der Waals surface area (Å²) in [5.41, 5.74) is 2.95. The highest BCUT2D eigenvalue weighted by molar-refractivity contribution is 9.10. The third-order valence-corrected chi connectivity index (χ3v) is 2.93. The highest BCUT2D eigenvalue weighted by atomic mass is 79.9. The average Bonchev–Trinajstić information content (AvgIpc) is 2.33. The number of rotatable bonds is 2. The topological polar surface area (TPSA) is 54.9 Å². The predicted octanol–water partition coefficient (Wildman–Crippen LogP) is 3.11. The largest absolute Gasteiger partial charge is 0.320 e. The lowest BCUT2D eigenvalue weighted by Gasteiger charge is -2.08. The SMILES string of the molecule is Cc1ccc(NC(=O)c2ccc(Br)nc2)c(C)n1. The molecule has 2 aromatic heterocycles. The van der Waals surface area contributed by atoms with Gasteiger partial charge in [0.25, 0.3) is 5.91 Å². The standard InChI is InChI=1S/C13H12BrN3O/c1-8-3-5-11(9(2)16-8)17-13(18)10-4-6-12(14)15-7-10/h3-7H,1-2H3,(H,17,18). The normalized spacial score (nSPS) is 10.2. The second-order valence-electron chi connectivity index (χ2n) is 3.91. The first-order valence-electron chi connectivity index (χ1n) is 5.43. The van der Waals surface area contributed by atoms with E-state index in [0.717, 1.165) is 11.4 Å². The zero-order valence-electron chi connectivity index (χ0n) is 10.1. The summed E-state index contributed by atoms with van der Waals surface area (Å²) in [4.78, 5) is 20.3. The molecule has 0 fully saturated rings. The minimum absolute atomic E-state index is 0.191. The monoisotopic (exact) mass is 305 g/mol. The summed E-state index contributed by atoms with van der Waals surface area (Å²) >= 11 is 3.23. The van der Waals surface area contributed by atoms with Crippen LogP contribution in [0.1, 0.15) is 21.7 Å². The van der Waals surface area contributed by atoms with E-state index in [2.05, 4.69) is 31.2 Å². The van der Waals surface area contributed by atoms with E-state index >= 15 is 0 Å². The van der Waals surface area contributed by atoms with Crippen LogP contribution in [-0.4, -0.2) is 15.9 Å². The van der Waals surface area contributed by atoms with Crippen molar-refractivity contribution >= 4 is 27.5 Å². The van der Waals surface area contributed by atoms with Gasteiger partial charge in [0.1, 0.15) is 4.60 Å². The molecule has 2 heterocycles. The van der Waals surface area contributed by atoms with Gasteiger partial charge < -0.3 is 5.32 Å². The van der Waals surface area contributed by atoms with Crippen LogP contribution in [0.15, 0.2) is 35.1 Å². The Balaban J connectivity index is 2.18. The predicted molar refractivity (Wildman–Crippen MR) is 73.6 cm³/mol. The molecule has 0 aromatic carbocycles. The number of carbonyl (C=O) groups excluding carboxylic acids is 1. The first-order chi connectivity index (χ1) is 8.56. The molecule has 0 aliphatic carbocycles. The van der Waals surface area contributed by atoms with E-state index in [0.29, 0.717) is 15.9 Å². The molecule has 92 valence electrons. The summed E-state index contributed by atoms with van der Waals surface area (Å²) in [6.45, 7) is 3.78. The number of anilines is 1. The van der Waals surface area contributed by atoms with E-state index in [1.807, 2.05) is 26.0 Å². The molecule has 5 heteroatoms. The van der Waals surface area contributed by atoms with Gasteiger partial charge in [0.2, 0.25) is 0 Å². The third kappa shape index (κ3) is 2.92. The molecule has 0 spiro atoms. The fourth-order valence-electron chi connectivity index (χ4n) is 1.52. The van der Waals surface area contributed by atoms with Crippen molar-refractivity contribution in [1.82, 2.24) is 9.97 Å². The van der Waals surface area contributed by atoms with Gasteiger partial charge in [-0.25, -0.2) is 4.98 Å². The zero-order valence-corrected chi connectivity index (χ0v) is 11.7. The molecule has 4 nitrogen and oxygen atoms in total. The molecular weight excluding hydrogens is 294 g/mol. The number of nitrogens with one attached hydrogen (secondary N) is 1. The van der Waals surface area contributed by atoms with E-state index in [4.69, 9.17) is 0 Å². The van der Waals surface area contributed by atoms with Crippen LogP contribution in [0.5, 0.6) is 0 Å². The van der Waals surface area contributed by atoms with Gasteiger partial charge in [-0.3, -0.25) is 9.78 Å². The maximum absolute atomic E-state index is 12.0. The molecule has 0 aliphatic heterocycles. The van der Waals surface area contributed by atoms with Gasteiger partial charge in [0.15, 0.2) is 0 Å². The summed E-state index contributed by atoms with van der Waals surface area (Å²) < 4.78 is 0.701. The Kier molecular flexibility index (Phi) is 3.72. The van der Waals surface area contributed by atoms with E-state index in [-0.39, 0.29) is 5.91 Å². The average molecular weight is 306 g/mol. The molecule has 0 atom stereocenters. The third-order valence-electron chi connectivity index (χ3n) is 2.46.